The Balaban J connectivity index is 2.27. The summed E-state index contributed by atoms with van der Waals surface area (Å²) < 4.78 is 10.7. The quantitative estimate of drug-likeness (QED) is 0.595. The fourth-order valence-corrected chi connectivity index (χ4v) is 2.40. The van der Waals surface area contributed by atoms with E-state index in [0.717, 1.165) is 17.7 Å². The molecule has 6 nitrogen and oxygen atoms in total. The zero-order valence-electron chi connectivity index (χ0n) is 13.9. The minimum absolute atomic E-state index is 0.111. The Bertz CT molecular complexity index is 649. The summed E-state index contributed by atoms with van der Waals surface area (Å²) in [6, 6.07) is 6.37. The number of carbonyl (C=O) groups is 2. The molecule has 1 aromatic rings. The maximum absolute atomic E-state index is 12.3. The van der Waals surface area contributed by atoms with Crippen molar-refractivity contribution >= 4 is 12.0 Å². The molecular weight excluding hydrogens is 308 g/mol. The van der Waals surface area contributed by atoms with Gasteiger partial charge in [0.2, 0.25) is 0 Å². The van der Waals surface area contributed by atoms with E-state index in [9.17, 15) is 9.59 Å². The number of amides is 2. The molecule has 0 bridgehead atoms. The third-order valence-corrected chi connectivity index (χ3v) is 3.51. The normalized spacial score (nSPS) is 16.9. The van der Waals surface area contributed by atoms with E-state index >= 15 is 0 Å². The van der Waals surface area contributed by atoms with Crippen LogP contribution in [0.15, 0.2) is 48.2 Å². The Morgan fingerprint density at radius 1 is 1.33 bits per heavy atom. The number of nitrogens with one attached hydrogen (secondary N) is 2. The van der Waals surface area contributed by atoms with E-state index in [-0.39, 0.29) is 12.6 Å². The molecule has 0 aliphatic carbocycles. The van der Waals surface area contributed by atoms with Gasteiger partial charge < -0.3 is 20.1 Å². The molecule has 0 spiro atoms. The largest absolute Gasteiger partial charge is 0.494 e. The van der Waals surface area contributed by atoms with Crippen molar-refractivity contribution in [2.75, 3.05) is 13.2 Å². The summed E-state index contributed by atoms with van der Waals surface area (Å²) in [5.41, 5.74) is 1.63. The van der Waals surface area contributed by atoms with Gasteiger partial charge in [0.1, 0.15) is 12.4 Å². The highest BCUT2D eigenvalue weighted by molar-refractivity contribution is 5.95. The summed E-state index contributed by atoms with van der Waals surface area (Å²) in [7, 11) is 0. The van der Waals surface area contributed by atoms with Gasteiger partial charge >= 0.3 is 12.0 Å². The van der Waals surface area contributed by atoms with Crippen LogP contribution in [0, 0.1) is 0 Å². The molecule has 1 aliphatic heterocycles. The smallest absolute Gasteiger partial charge is 0.338 e. The van der Waals surface area contributed by atoms with Crippen LogP contribution in [0.5, 0.6) is 5.75 Å². The Hall–Kier alpha value is -2.76. The number of allylic oxidation sites excluding steroid dienone is 1. The summed E-state index contributed by atoms with van der Waals surface area (Å²) in [5, 5.41) is 5.36. The SMILES string of the molecule is C=CCOC(=O)C1=C(C)NC(=O)N[C@@H]1c1ccc(OCCC)cc1. The fraction of sp³-hybridized carbons (Fsp3) is 0.333. The van der Waals surface area contributed by atoms with Gasteiger partial charge in [0.05, 0.1) is 18.2 Å². The molecule has 0 aromatic heterocycles. The van der Waals surface area contributed by atoms with E-state index in [0.29, 0.717) is 17.9 Å². The molecule has 1 atom stereocenters. The summed E-state index contributed by atoms with van der Waals surface area (Å²) in [4.78, 5) is 24.1. The standard InChI is InChI=1S/C18H22N2O4/c1-4-10-23-14-8-6-13(7-9-14)16-15(17(21)24-11-5-2)12(3)19-18(22)20-16/h5-9,16H,2,4,10-11H2,1,3H3,(H2,19,20,22)/t16-/m1/s1. The first-order chi connectivity index (χ1) is 11.6. The molecule has 2 N–H and O–H groups in total. The maximum atomic E-state index is 12.3. The topological polar surface area (TPSA) is 76.7 Å². The van der Waals surface area contributed by atoms with Gasteiger partial charge in [-0.2, -0.15) is 0 Å². The highest BCUT2D eigenvalue weighted by atomic mass is 16.5. The van der Waals surface area contributed by atoms with E-state index in [1.807, 2.05) is 31.2 Å². The van der Waals surface area contributed by atoms with Crippen LogP contribution in [-0.4, -0.2) is 25.2 Å². The third kappa shape index (κ3) is 4.16. The van der Waals surface area contributed by atoms with Crippen molar-refractivity contribution in [3.05, 3.63) is 53.8 Å². The van der Waals surface area contributed by atoms with Crippen molar-refractivity contribution in [3.8, 4) is 5.75 Å². The summed E-state index contributed by atoms with van der Waals surface area (Å²) >= 11 is 0. The summed E-state index contributed by atoms with van der Waals surface area (Å²) in [6.45, 7) is 7.99. The molecule has 1 heterocycles. The average Bonchev–Trinajstić information content (AvgIpc) is 2.57. The average molecular weight is 330 g/mol. The van der Waals surface area contributed by atoms with Crippen LogP contribution in [0.4, 0.5) is 4.79 Å². The lowest BCUT2D eigenvalue weighted by Gasteiger charge is -2.28. The minimum atomic E-state index is -0.573. The predicted octanol–water partition coefficient (Wildman–Crippen LogP) is 2.83. The highest BCUT2D eigenvalue weighted by Crippen LogP contribution is 2.28. The molecule has 0 radical (unpaired) electrons. The Morgan fingerprint density at radius 3 is 2.67 bits per heavy atom. The van der Waals surface area contributed by atoms with E-state index in [4.69, 9.17) is 9.47 Å². The van der Waals surface area contributed by atoms with Gasteiger partial charge in [-0.1, -0.05) is 31.7 Å². The van der Waals surface area contributed by atoms with Crippen LogP contribution in [0.2, 0.25) is 0 Å². The Morgan fingerprint density at radius 2 is 2.04 bits per heavy atom. The van der Waals surface area contributed by atoms with Crippen molar-refractivity contribution in [3.63, 3.8) is 0 Å². The first-order valence-electron chi connectivity index (χ1n) is 7.85. The molecule has 1 aromatic carbocycles. The zero-order chi connectivity index (χ0) is 17.5. The number of hydrogen-bond acceptors (Lipinski definition) is 4. The van der Waals surface area contributed by atoms with Gasteiger partial charge in [-0.25, -0.2) is 9.59 Å². The highest BCUT2D eigenvalue weighted by Gasteiger charge is 2.32. The second-order valence-corrected chi connectivity index (χ2v) is 5.37. The van der Waals surface area contributed by atoms with Gasteiger partial charge in [0.15, 0.2) is 0 Å². The van der Waals surface area contributed by atoms with E-state index in [1.54, 1.807) is 6.92 Å². The lowest BCUT2D eigenvalue weighted by molar-refractivity contribution is -0.138. The number of rotatable bonds is 7. The molecule has 2 amide bonds. The molecule has 0 unspecified atom stereocenters. The van der Waals surface area contributed by atoms with Crippen LogP contribution >= 0.6 is 0 Å². The lowest BCUT2D eigenvalue weighted by atomic mass is 9.95. The van der Waals surface area contributed by atoms with E-state index in [1.165, 1.54) is 6.08 Å². The van der Waals surface area contributed by atoms with Crippen molar-refractivity contribution in [1.29, 1.82) is 0 Å². The van der Waals surface area contributed by atoms with Gasteiger partial charge in [-0.05, 0) is 31.0 Å². The molecule has 128 valence electrons. The van der Waals surface area contributed by atoms with Crippen molar-refractivity contribution in [2.24, 2.45) is 0 Å². The fourth-order valence-electron chi connectivity index (χ4n) is 2.40. The molecular formula is C18H22N2O4. The molecule has 0 saturated heterocycles. The first kappa shape index (κ1) is 17.6. The van der Waals surface area contributed by atoms with Crippen LogP contribution in [0.1, 0.15) is 31.9 Å². The molecule has 0 saturated carbocycles. The van der Waals surface area contributed by atoms with Gasteiger partial charge in [0.25, 0.3) is 0 Å². The number of hydrogen-bond donors (Lipinski definition) is 2. The predicted molar refractivity (Wildman–Crippen MR) is 90.5 cm³/mol. The zero-order valence-corrected chi connectivity index (χ0v) is 13.9. The van der Waals surface area contributed by atoms with E-state index < -0.39 is 12.0 Å². The Labute approximate surface area is 141 Å². The number of benzene rings is 1. The maximum Gasteiger partial charge on any atom is 0.338 e. The van der Waals surface area contributed by atoms with Crippen molar-refractivity contribution in [1.82, 2.24) is 10.6 Å². The summed E-state index contributed by atoms with van der Waals surface area (Å²) in [5.74, 6) is 0.258. The number of ether oxygens (including phenoxy) is 2. The molecule has 24 heavy (non-hydrogen) atoms. The first-order valence-corrected chi connectivity index (χ1v) is 7.85. The number of esters is 1. The number of urea groups is 1. The molecule has 1 aliphatic rings. The molecule has 0 fully saturated rings. The summed E-state index contributed by atoms with van der Waals surface area (Å²) in [6.07, 6.45) is 2.42. The Kier molecular flexibility index (Phi) is 6.01. The number of carbonyl (C=O) groups excluding carboxylic acids is 2. The van der Waals surface area contributed by atoms with Gasteiger partial charge in [-0.15, -0.1) is 0 Å². The molecule has 2 rings (SSSR count). The second-order valence-electron chi connectivity index (χ2n) is 5.37. The van der Waals surface area contributed by atoms with Gasteiger partial charge in [-0.3, -0.25) is 0 Å². The third-order valence-electron chi connectivity index (χ3n) is 3.51. The van der Waals surface area contributed by atoms with Crippen LogP contribution < -0.4 is 15.4 Å². The van der Waals surface area contributed by atoms with Crippen LogP contribution in [-0.2, 0) is 9.53 Å². The molecule has 6 heteroatoms. The van der Waals surface area contributed by atoms with Crippen molar-refractivity contribution < 1.29 is 19.1 Å². The van der Waals surface area contributed by atoms with E-state index in [2.05, 4.69) is 17.2 Å². The van der Waals surface area contributed by atoms with Crippen LogP contribution in [0.3, 0.4) is 0 Å². The lowest BCUT2D eigenvalue weighted by Crippen LogP contribution is -2.45. The monoisotopic (exact) mass is 330 g/mol. The van der Waals surface area contributed by atoms with Gasteiger partial charge in [0, 0.05) is 5.70 Å². The van der Waals surface area contributed by atoms with Crippen LogP contribution in [0.25, 0.3) is 0 Å². The van der Waals surface area contributed by atoms with Crippen molar-refractivity contribution in [2.45, 2.75) is 26.3 Å². The minimum Gasteiger partial charge on any atom is -0.494 e. The second kappa shape index (κ2) is 8.19.